The summed E-state index contributed by atoms with van der Waals surface area (Å²) in [5.41, 5.74) is 3.01. The van der Waals surface area contributed by atoms with Gasteiger partial charge in [0, 0.05) is 11.1 Å². The van der Waals surface area contributed by atoms with E-state index in [1.807, 2.05) is 48.5 Å². The molecule has 0 aliphatic heterocycles. The monoisotopic (exact) mass is 492 g/mol. The van der Waals surface area contributed by atoms with Gasteiger partial charge in [0.1, 0.15) is 0 Å². The number of nitrogens with one attached hydrogen (secondary N) is 1. The van der Waals surface area contributed by atoms with E-state index in [1.165, 1.54) is 18.4 Å². The van der Waals surface area contributed by atoms with Crippen LogP contribution in [0.5, 0.6) is 23.0 Å². The first-order valence-corrected chi connectivity index (χ1v) is 11.2. The lowest BCUT2D eigenvalue weighted by atomic mass is 10.1. The molecule has 3 aromatic carbocycles. The lowest BCUT2D eigenvalue weighted by Crippen LogP contribution is -2.12. The summed E-state index contributed by atoms with van der Waals surface area (Å²) in [7, 11) is 6.27. The Bertz CT molecular complexity index is 1300. The second kappa shape index (κ2) is 11.4. The third kappa shape index (κ3) is 5.38. The van der Waals surface area contributed by atoms with Gasteiger partial charge in [0.2, 0.25) is 0 Å². The smallest absolute Gasteiger partial charge is 0.257 e. The van der Waals surface area contributed by atoms with E-state index in [4.69, 9.17) is 23.9 Å². The fourth-order valence-electron chi connectivity index (χ4n) is 3.48. The first kappa shape index (κ1) is 25.6. The molecule has 0 aliphatic rings. The molecular formula is C27H28N2O5S. The summed E-state index contributed by atoms with van der Waals surface area (Å²) in [6.07, 6.45) is 0. The Labute approximate surface area is 209 Å². The molecule has 1 heterocycles. The van der Waals surface area contributed by atoms with Crippen molar-refractivity contribution in [2.45, 2.75) is 7.43 Å². The number of aromatic nitrogens is 1. The summed E-state index contributed by atoms with van der Waals surface area (Å²) >= 11 is 1.40. The van der Waals surface area contributed by atoms with Gasteiger partial charge in [0.05, 0.1) is 39.0 Å². The minimum absolute atomic E-state index is 0. The number of ether oxygens (including phenoxy) is 4. The number of hydrogen-bond acceptors (Lipinski definition) is 7. The second-order valence-corrected chi connectivity index (χ2v) is 8.16. The summed E-state index contributed by atoms with van der Waals surface area (Å²) < 4.78 is 21.4. The Balaban J connectivity index is 0.00000342. The van der Waals surface area contributed by atoms with Crippen molar-refractivity contribution in [1.29, 1.82) is 0 Å². The zero-order valence-corrected chi connectivity index (χ0v) is 20.1. The van der Waals surface area contributed by atoms with E-state index in [0.29, 0.717) is 33.7 Å². The van der Waals surface area contributed by atoms with Crippen LogP contribution in [0, 0.1) is 0 Å². The maximum Gasteiger partial charge on any atom is 0.257 e. The molecule has 0 saturated carbocycles. The van der Waals surface area contributed by atoms with E-state index in [1.54, 1.807) is 39.5 Å². The highest BCUT2D eigenvalue weighted by Crippen LogP contribution is 2.41. The number of anilines is 1. The van der Waals surface area contributed by atoms with Crippen LogP contribution in [0.15, 0.2) is 66.7 Å². The van der Waals surface area contributed by atoms with Crippen LogP contribution in [0.1, 0.15) is 17.8 Å². The van der Waals surface area contributed by atoms with Gasteiger partial charge in [-0.15, -0.1) is 0 Å². The Kier molecular flexibility index (Phi) is 8.33. The summed E-state index contributed by atoms with van der Waals surface area (Å²) in [6.45, 7) is 0. The van der Waals surface area contributed by atoms with Gasteiger partial charge in [-0.25, -0.2) is 4.98 Å². The highest BCUT2D eigenvalue weighted by molar-refractivity contribution is 7.19. The van der Waals surface area contributed by atoms with Crippen molar-refractivity contribution in [2.24, 2.45) is 0 Å². The fraction of sp³-hybridized carbons (Fsp3) is 0.185. The van der Waals surface area contributed by atoms with Gasteiger partial charge in [-0.05, 0) is 42.0 Å². The molecule has 0 aliphatic carbocycles. The number of methoxy groups -OCH3 is 4. The predicted octanol–water partition coefficient (Wildman–Crippen LogP) is 6.40. The second-order valence-electron chi connectivity index (χ2n) is 7.16. The highest BCUT2D eigenvalue weighted by Gasteiger charge is 2.19. The zero-order valence-electron chi connectivity index (χ0n) is 19.2. The van der Waals surface area contributed by atoms with Gasteiger partial charge < -0.3 is 18.9 Å². The molecule has 8 heteroatoms. The van der Waals surface area contributed by atoms with Crippen LogP contribution < -0.4 is 24.3 Å². The van der Waals surface area contributed by atoms with Crippen molar-refractivity contribution < 1.29 is 23.7 Å². The quantitative estimate of drug-likeness (QED) is 0.307. The van der Waals surface area contributed by atoms with E-state index < -0.39 is 0 Å². The molecule has 4 rings (SSSR count). The van der Waals surface area contributed by atoms with Crippen LogP contribution in [-0.4, -0.2) is 39.3 Å². The molecule has 182 valence electrons. The molecule has 0 bridgehead atoms. The number of carbonyl (C=O) groups excluding carboxylic acids is 1. The third-order valence-corrected chi connectivity index (χ3v) is 6.21. The van der Waals surface area contributed by atoms with Crippen molar-refractivity contribution in [2.75, 3.05) is 33.8 Å². The van der Waals surface area contributed by atoms with Crippen LogP contribution in [-0.2, 0) is 0 Å². The number of nitrogens with zero attached hydrogens (tertiary/aromatic N) is 1. The molecule has 1 amide bonds. The van der Waals surface area contributed by atoms with Gasteiger partial charge >= 0.3 is 0 Å². The molecule has 1 N–H and O–H groups in total. The predicted molar refractivity (Wildman–Crippen MR) is 140 cm³/mol. The minimum atomic E-state index is -0.298. The van der Waals surface area contributed by atoms with Crippen molar-refractivity contribution >= 4 is 22.4 Å². The van der Waals surface area contributed by atoms with Gasteiger partial charge in [-0.3, -0.25) is 10.1 Å². The first-order chi connectivity index (χ1) is 16.6. The van der Waals surface area contributed by atoms with Crippen molar-refractivity contribution in [1.82, 2.24) is 4.98 Å². The van der Waals surface area contributed by atoms with Crippen molar-refractivity contribution in [3.63, 3.8) is 0 Å². The SMILES string of the molecule is C.COc1ccc(C(=O)Nc2nc(-c3ccc(OC)c(OC)c3)c(-c3ccccc3)s2)cc1OC. The van der Waals surface area contributed by atoms with Gasteiger partial charge in [0.15, 0.2) is 28.1 Å². The zero-order chi connectivity index (χ0) is 24.1. The lowest BCUT2D eigenvalue weighted by molar-refractivity contribution is 0.102. The molecule has 0 fully saturated rings. The van der Waals surface area contributed by atoms with Crippen LogP contribution in [0.4, 0.5) is 5.13 Å². The molecule has 0 unspecified atom stereocenters. The van der Waals surface area contributed by atoms with E-state index >= 15 is 0 Å². The number of amides is 1. The Morgan fingerprint density at radius 3 is 1.97 bits per heavy atom. The van der Waals surface area contributed by atoms with E-state index in [2.05, 4.69) is 5.32 Å². The Morgan fingerprint density at radius 2 is 1.34 bits per heavy atom. The van der Waals surface area contributed by atoms with E-state index in [-0.39, 0.29) is 13.3 Å². The topological polar surface area (TPSA) is 78.9 Å². The number of rotatable bonds is 8. The van der Waals surface area contributed by atoms with Crippen LogP contribution in [0.2, 0.25) is 0 Å². The summed E-state index contributed by atoms with van der Waals surface area (Å²) in [5.74, 6) is 1.96. The summed E-state index contributed by atoms with van der Waals surface area (Å²) in [5, 5.41) is 3.39. The number of benzene rings is 3. The maximum absolute atomic E-state index is 13.0. The molecule has 4 aromatic rings. The molecule has 0 radical (unpaired) electrons. The molecular weight excluding hydrogens is 464 g/mol. The Morgan fingerprint density at radius 1 is 0.743 bits per heavy atom. The fourth-order valence-corrected chi connectivity index (χ4v) is 4.47. The van der Waals surface area contributed by atoms with Crippen LogP contribution in [0.25, 0.3) is 21.7 Å². The highest BCUT2D eigenvalue weighted by atomic mass is 32.1. The number of hydrogen-bond donors (Lipinski definition) is 1. The molecule has 7 nitrogen and oxygen atoms in total. The van der Waals surface area contributed by atoms with Gasteiger partial charge in [-0.1, -0.05) is 49.1 Å². The Hall–Kier alpha value is -4.04. The lowest BCUT2D eigenvalue weighted by Gasteiger charge is -2.09. The number of carbonyl (C=O) groups is 1. The standard InChI is InChI=1S/C26H24N2O5S.CH4/c1-30-19-12-10-17(14-21(19)32-3)23-24(16-8-6-5-7-9-16)34-26(27-23)28-25(29)18-11-13-20(31-2)22(15-18)33-4;/h5-15H,1-4H3,(H,27,28,29);1H4. The average Bonchev–Trinajstić information content (AvgIpc) is 3.31. The summed E-state index contributed by atoms with van der Waals surface area (Å²) in [6, 6.07) is 20.6. The molecule has 1 aromatic heterocycles. The molecule has 0 saturated heterocycles. The largest absolute Gasteiger partial charge is 0.493 e. The van der Waals surface area contributed by atoms with Crippen LogP contribution >= 0.6 is 11.3 Å². The normalized spacial score (nSPS) is 10.2. The van der Waals surface area contributed by atoms with Crippen molar-refractivity contribution in [3.8, 4) is 44.7 Å². The van der Waals surface area contributed by atoms with Crippen molar-refractivity contribution in [3.05, 3.63) is 72.3 Å². The van der Waals surface area contributed by atoms with Gasteiger partial charge in [-0.2, -0.15) is 0 Å². The molecule has 0 spiro atoms. The van der Waals surface area contributed by atoms with Crippen LogP contribution in [0.3, 0.4) is 0 Å². The van der Waals surface area contributed by atoms with Gasteiger partial charge in [0.25, 0.3) is 5.91 Å². The minimum Gasteiger partial charge on any atom is -0.493 e. The summed E-state index contributed by atoms with van der Waals surface area (Å²) in [4.78, 5) is 18.7. The third-order valence-electron chi connectivity index (χ3n) is 5.19. The first-order valence-electron chi connectivity index (χ1n) is 10.4. The maximum atomic E-state index is 13.0. The molecule has 35 heavy (non-hydrogen) atoms. The average molecular weight is 493 g/mol. The molecule has 0 atom stereocenters. The van der Waals surface area contributed by atoms with E-state index in [9.17, 15) is 4.79 Å². The number of thiazole rings is 1. The van der Waals surface area contributed by atoms with E-state index in [0.717, 1.165) is 21.7 Å².